The third-order valence-electron chi connectivity index (χ3n) is 3.14. The van der Waals surface area contributed by atoms with Gasteiger partial charge in [0, 0.05) is 25.4 Å². The Morgan fingerprint density at radius 2 is 2.19 bits per heavy atom. The number of H-pyrrole nitrogens is 1. The number of benzene rings is 1. The first kappa shape index (κ1) is 14.6. The van der Waals surface area contributed by atoms with Crippen LogP contribution in [0.1, 0.15) is 17.0 Å². The van der Waals surface area contributed by atoms with E-state index in [1.165, 1.54) is 4.90 Å². The quantitative estimate of drug-likeness (QED) is 0.328. The number of aromatic amines is 1. The number of likely N-dealkylation sites (N-methyl/N-ethyl adjacent to an activating group) is 1. The van der Waals surface area contributed by atoms with Gasteiger partial charge in [0.05, 0.1) is 6.20 Å². The summed E-state index contributed by atoms with van der Waals surface area (Å²) in [5, 5.41) is 18.5. The van der Waals surface area contributed by atoms with E-state index in [0.717, 1.165) is 5.56 Å². The molecule has 1 aromatic carbocycles. The first-order valence-corrected chi connectivity index (χ1v) is 6.38. The Hall–Kier alpha value is -2.83. The van der Waals surface area contributed by atoms with E-state index in [-0.39, 0.29) is 11.7 Å². The predicted molar refractivity (Wildman–Crippen MR) is 77.7 cm³/mol. The summed E-state index contributed by atoms with van der Waals surface area (Å²) < 4.78 is 0. The van der Waals surface area contributed by atoms with Crippen LogP contribution in [0.4, 0.5) is 0 Å². The highest BCUT2D eigenvalue weighted by molar-refractivity contribution is 6.07. The van der Waals surface area contributed by atoms with Gasteiger partial charge >= 0.3 is 0 Å². The first-order valence-electron chi connectivity index (χ1n) is 6.38. The maximum absolute atomic E-state index is 12.6. The second-order valence-corrected chi connectivity index (χ2v) is 4.67. The lowest BCUT2D eigenvalue weighted by Gasteiger charge is -2.23. The number of carbonyl (C=O) groups is 1. The second kappa shape index (κ2) is 6.56. The summed E-state index contributed by atoms with van der Waals surface area (Å²) in [6.07, 6.45) is 3.36. The van der Waals surface area contributed by atoms with Crippen LogP contribution in [0.25, 0.3) is 0 Å². The standard InChI is InChI=1S/C14H17N5O2/c1-19(9-10-7-16-17-8-10)14(20)12(13(15)18-21)11-5-3-2-4-6-11/h2-8,12,21H,9H2,1H3,(H2,15,18)(H,16,17). The zero-order valence-corrected chi connectivity index (χ0v) is 11.6. The lowest BCUT2D eigenvalue weighted by molar-refractivity contribution is -0.130. The van der Waals surface area contributed by atoms with Crippen molar-refractivity contribution in [2.75, 3.05) is 7.05 Å². The summed E-state index contributed by atoms with van der Waals surface area (Å²) in [4.78, 5) is 14.1. The van der Waals surface area contributed by atoms with Crippen LogP contribution in [0, 0.1) is 0 Å². The fourth-order valence-electron chi connectivity index (χ4n) is 2.08. The van der Waals surface area contributed by atoms with Gasteiger partial charge in [-0.25, -0.2) is 0 Å². The van der Waals surface area contributed by atoms with Crippen molar-refractivity contribution in [3.05, 3.63) is 53.9 Å². The molecule has 1 aromatic heterocycles. The molecule has 2 aromatic rings. The van der Waals surface area contributed by atoms with Gasteiger partial charge in [0.25, 0.3) is 0 Å². The summed E-state index contributed by atoms with van der Waals surface area (Å²) in [5.74, 6) is -1.20. The number of carbonyl (C=O) groups excluding carboxylic acids is 1. The van der Waals surface area contributed by atoms with Gasteiger partial charge in [-0.1, -0.05) is 35.5 Å². The largest absolute Gasteiger partial charge is 0.409 e. The predicted octanol–water partition coefficient (Wildman–Crippen LogP) is 0.898. The molecule has 0 saturated carbocycles. The van der Waals surface area contributed by atoms with Crippen LogP contribution in [-0.2, 0) is 11.3 Å². The Labute approximate surface area is 122 Å². The summed E-state index contributed by atoms with van der Waals surface area (Å²) in [6.45, 7) is 0.386. The molecular weight excluding hydrogens is 270 g/mol. The van der Waals surface area contributed by atoms with Crippen molar-refractivity contribution >= 4 is 11.7 Å². The topological polar surface area (TPSA) is 108 Å². The molecule has 1 unspecified atom stereocenters. The van der Waals surface area contributed by atoms with E-state index in [9.17, 15) is 4.79 Å². The SMILES string of the molecule is CN(Cc1cn[nH]c1)C(=O)C(C(N)=NO)c1ccccc1. The number of nitrogens with zero attached hydrogens (tertiary/aromatic N) is 3. The highest BCUT2D eigenvalue weighted by Crippen LogP contribution is 2.19. The summed E-state index contributed by atoms with van der Waals surface area (Å²) in [7, 11) is 1.66. The third-order valence-corrected chi connectivity index (χ3v) is 3.14. The molecule has 4 N–H and O–H groups in total. The van der Waals surface area contributed by atoms with Gasteiger partial charge in [-0.3, -0.25) is 9.89 Å². The molecule has 0 spiro atoms. The number of aromatic nitrogens is 2. The summed E-state index contributed by atoms with van der Waals surface area (Å²) in [6, 6.07) is 8.98. The Balaban J connectivity index is 2.22. The van der Waals surface area contributed by atoms with Crippen molar-refractivity contribution in [1.29, 1.82) is 0 Å². The number of hydrogen-bond acceptors (Lipinski definition) is 4. The maximum atomic E-state index is 12.6. The van der Waals surface area contributed by atoms with Crippen LogP contribution in [0.5, 0.6) is 0 Å². The minimum Gasteiger partial charge on any atom is -0.409 e. The van der Waals surface area contributed by atoms with E-state index >= 15 is 0 Å². The zero-order valence-electron chi connectivity index (χ0n) is 11.6. The number of amides is 1. The zero-order chi connectivity index (χ0) is 15.2. The Bertz CT molecular complexity index is 610. The lowest BCUT2D eigenvalue weighted by atomic mass is 9.96. The molecule has 1 amide bonds. The monoisotopic (exact) mass is 287 g/mol. The van der Waals surface area contributed by atoms with Gasteiger partial charge in [-0.2, -0.15) is 5.10 Å². The van der Waals surface area contributed by atoms with Crippen LogP contribution in [0.2, 0.25) is 0 Å². The highest BCUT2D eigenvalue weighted by Gasteiger charge is 2.28. The number of amidine groups is 1. The molecule has 1 heterocycles. The molecular formula is C14H17N5O2. The molecule has 0 fully saturated rings. The number of nitrogens with two attached hydrogens (primary N) is 1. The molecule has 7 heteroatoms. The minimum atomic E-state index is -0.812. The molecule has 0 bridgehead atoms. The summed E-state index contributed by atoms with van der Waals surface area (Å²) in [5.41, 5.74) is 7.25. The fourth-order valence-corrected chi connectivity index (χ4v) is 2.08. The average molecular weight is 287 g/mol. The average Bonchev–Trinajstić information content (AvgIpc) is 3.01. The van der Waals surface area contributed by atoms with Crippen molar-refractivity contribution in [2.45, 2.75) is 12.5 Å². The molecule has 1 atom stereocenters. The van der Waals surface area contributed by atoms with Gasteiger partial charge < -0.3 is 15.8 Å². The second-order valence-electron chi connectivity index (χ2n) is 4.67. The van der Waals surface area contributed by atoms with E-state index in [0.29, 0.717) is 12.1 Å². The molecule has 0 aliphatic carbocycles. The molecule has 0 aliphatic heterocycles. The first-order chi connectivity index (χ1) is 10.1. The number of hydrogen-bond donors (Lipinski definition) is 3. The molecule has 7 nitrogen and oxygen atoms in total. The highest BCUT2D eigenvalue weighted by atomic mass is 16.4. The molecule has 2 rings (SSSR count). The number of nitrogens with one attached hydrogen (secondary N) is 1. The van der Waals surface area contributed by atoms with E-state index in [2.05, 4.69) is 15.4 Å². The maximum Gasteiger partial charge on any atom is 0.237 e. The number of rotatable bonds is 5. The molecule has 0 aliphatic rings. The van der Waals surface area contributed by atoms with Gasteiger partial charge in [0.15, 0.2) is 5.84 Å². The van der Waals surface area contributed by atoms with E-state index < -0.39 is 5.92 Å². The van der Waals surface area contributed by atoms with Gasteiger partial charge in [-0.15, -0.1) is 0 Å². The summed E-state index contributed by atoms with van der Waals surface area (Å²) >= 11 is 0. The van der Waals surface area contributed by atoms with Crippen molar-refractivity contribution in [3.8, 4) is 0 Å². The van der Waals surface area contributed by atoms with Crippen LogP contribution >= 0.6 is 0 Å². The van der Waals surface area contributed by atoms with Crippen LogP contribution in [-0.4, -0.2) is 39.1 Å². The van der Waals surface area contributed by atoms with Gasteiger partial charge in [0.1, 0.15) is 5.92 Å². The van der Waals surface area contributed by atoms with Crippen molar-refractivity contribution in [1.82, 2.24) is 15.1 Å². The van der Waals surface area contributed by atoms with Crippen LogP contribution in [0.3, 0.4) is 0 Å². The van der Waals surface area contributed by atoms with E-state index in [4.69, 9.17) is 10.9 Å². The molecule has 110 valence electrons. The lowest BCUT2D eigenvalue weighted by Crippen LogP contribution is -2.38. The normalized spacial score (nSPS) is 12.9. The minimum absolute atomic E-state index is 0.134. The van der Waals surface area contributed by atoms with E-state index in [1.54, 1.807) is 43.7 Å². The van der Waals surface area contributed by atoms with Crippen molar-refractivity contribution in [3.63, 3.8) is 0 Å². The molecule has 0 radical (unpaired) electrons. The Morgan fingerprint density at radius 3 is 2.76 bits per heavy atom. The van der Waals surface area contributed by atoms with Crippen LogP contribution < -0.4 is 5.73 Å². The smallest absolute Gasteiger partial charge is 0.237 e. The van der Waals surface area contributed by atoms with Gasteiger partial charge in [-0.05, 0) is 5.56 Å². The van der Waals surface area contributed by atoms with E-state index in [1.807, 2.05) is 6.07 Å². The van der Waals surface area contributed by atoms with Crippen LogP contribution in [0.15, 0.2) is 47.9 Å². The Kier molecular flexibility index (Phi) is 4.55. The fraction of sp³-hybridized carbons (Fsp3) is 0.214. The van der Waals surface area contributed by atoms with Crippen molar-refractivity contribution in [2.24, 2.45) is 10.9 Å². The van der Waals surface area contributed by atoms with Gasteiger partial charge in [0.2, 0.25) is 5.91 Å². The van der Waals surface area contributed by atoms with Crippen molar-refractivity contribution < 1.29 is 10.0 Å². The molecule has 0 saturated heterocycles. The third kappa shape index (κ3) is 3.38. The molecule has 21 heavy (non-hydrogen) atoms. The number of oxime groups is 1. The Morgan fingerprint density at radius 1 is 1.48 bits per heavy atom.